The molecule has 108 valence electrons. The van der Waals surface area contributed by atoms with E-state index in [1.54, 1.807) is 38.1 Å². The minimum Gasteiger partial charge on any atom is -0.329 e. The molecule has 1 aromatic carbocycles. The van der Waals surface area contributed by atoms with Crippen molar-refractivity contribution in [3.8, 4) is 0 Å². The Hall–Kier alpha value is -0.780. The average molecular weight is 295 g/mol. The number of benzene rings is 1. The molecule has 1 rings (SSSR count). The molecule has 1 aromatic rings. The highest BCUT2D eigenvalue weighted by Gasteiger charge is 2.35. The average Bonchev–Trinajstić information content (AvgIpc) is 2.29. The van der Waals surface area contributed by atoms with Crippen LogP contribution in [0.1, 0.15) is 25.5 Å². The van der Waals surface area contributed by atoms with Gasteiger partial charge in [0, 0.05) is 23.7 Å². The fourth-order valence-electron chi connectivity index (χ4n) is 2.01. The number of hydrogen-bond acceptors (Lipinski definition) is 2. The molecular formula is C13H18ClF3N2. The number of alkyl halides is 3. The monoisotopic (exact) mass is 294 g/mol. The standard InChI is InChI=1S/C13H18ClF3N2/c1-9(2)19(8-13(15,16)17)12(7-18)10-3-5-11(14)6-4-10/h3-6,9,12H,7-8,18H2,1-2H3. The summed E-state index contributed by atoms with van der Waals surface area (Å²) >= 11 is 5.78. The van der Waals surface area contributed by atoms with Crippen LogP contribution in [0.25, 0.3) is 0 Å². The largest absolute Gasteiger partial charge is 0.401 e. The van der Waals surface area contributed by atoms with Gasteiger partial charge in [-0.05, 0) is 31.5 Å². The Kier molecular flexibility index (Phi) is 5.64. The summed E-state index contributed by atoms with van der Waals surface area (Å²) in [5.74, 6) is 0. The fourth-order valence-corrected chi connectivity index (χ4v) is 2.13. The zero-order valence-corrected chi connectivity index (χ0v) is 11.7. The molecule has 0 fully saturated rings. The SMILES string of the molecule is CC(C)N(CC(F)(F)F)C(CN)c1ccc(Cl)cc1. The molecule has 6 heteroatoms. The second kappa shape index (κ2) is 6.59. The van der Waals surface area contributed by atoms with Crippen molar-refractivity contribution in [2.75, 3.05) is 13.1 Å². The van der Waals surface area contributed by atoms with Crippen LogP contribution in [0.2, 0.25) is 5.02 Å². The van der Waals surface area contributed by atoms with Gasteiger partial charge in [0.25, 0.3) is 0 Å². The van der Waals surface area contributed by atoms with Crippen LogP contribution in [0, 0.1) is 0 Å². The van der Waals surface area contributed by atoms with Crippen LogP contribution in [-0.2, 0) is 0 Å². The molecule has 0 aliphatic heterocycles. The third-order valence-corrected chi connectivity index (χ3v) is 3.16. The first-order chi connectivity index (χ1) is 8.74. The lowest BCUT2D eigenvalue weighted by molar-refractivity contribution is -0.155. The summed E-state index contributed by atoms with van der Waals surface area (Å²) in [6.45, 7) is 2.60. The van der Waals surface area contributed by atoms with Gasteiger partial charge in [-0.3, -0.25) is 4.90 Å². The molecule has 19 heavy (non-hydrogen) atoms. The molecular weight excluding hydrogens is 277 g/mol. The molecule has 0 aliphatic rings. The van der Waals surface area contributed by atoms with E-state index in [0.29, 0.717) is 5.02 Å². The Labute approximate surface area is 116 Å². The maximum absolute atomic E-state index is 12.6. The quantitative estimate of drug-likeness (QED) is 0.899. The highest BCUT2D eigenvalue weighted by atomic mass is 35.5. The molecule has 0 bridgehead atoms. The minimum atomic E-state index is -4.25. The molecule has 2 N–H and O–H groups in total. The molecule has 0 aliphatic carbocycles. The van der Waals surface area contributed by atoms with E-state index in [0.717, 1.165) is 5.56 Å². The topological polar surface area (TPSA) is 29.3 Å². The van der Waals surface area contributed by atoms with Gasteiger partial charge in [-0.15, -0.1) is 0 Å². The Bertz CT molecular complexity index is 390. The smallest absolute Gasteiger partial charge is 0.329 e. The van der Waals surface area contributed by atoms with Gasteiger partial charge in [-0.2, -0.15) is 13.2 Å². The summed E-state index contributed by atoms with van der Waals surface area (Å²) in [5.41, 5.74) is 6.40. The van der Waals surface area contributed by atoms with Crippen LogP contribution in [0.3, 0.4) is 0 Å². The molecule has 0 heterocycles. The molecule has 0 saturated carbocycles. The lowest BCUT2D eigenvalue weighted by Gasteiger charge is -2.35. The van der Waals surface area contributed by atoms with Crippen molar-refractivity contribution in [2.45, 2.75) is 32.1 Å². The van der Waals surface area contributed by atoms with Crippen LogP contribution >= 0.6 is 11.6 Å². The van der Waals surface area contributed by atoms with Crippen molar-refractivity contribution >= 4 is 11.6 Å². The summed E-state index contributed by atoms with van der Waals surface area (Å²) in [4.78, 5) is 1.35. The Morgan fingerprint density at radius 1 is 1.21 bits per heavy atom. The number of nitrogens with two attached hydrogens (primary N) is 1. The molecule has 0 saturated heterocycles. The van der Waals surface area contributed by atoms with Gasteiger partial charge < -0.3 is 5.73 Å². The van der Waals surface area contributed by atoms with Crippen molar-refractivity contribution in [1.82, 2.24) is 4.90 Å². The zero-order valence-electron chi connectivity index (χ0n) is 10.9. The molecule has 0 amide bonds. The van der Waals surface area contributed by atoms with Gasteiger partial charge >= 0.3 is 6.18 Å². The number of nitrogens with zero attached hydrogens (tertiary/aromatic N) is 1. The van der Waals surface area contributed by atoms with E-state index in [9.17, 15) is 13.2 Å². The molecule has 0 aromatic heterocycles. The van der Waals surface area contributed by atoms with Crippen molar-refractivity contribution in [3.05, 3.63) is 34.9 Å². The number of rotatable bonds is 5. The van der Waals surface area contributed by atoms with Crippen LogP contribution in [0.15, 0.2) is 24.3 Å². The summed E-state index contributed by atoms with van der Waals surface area (Å²) < 4.78 is 37.9. The van der Waals surface area contributed by atoms with Crippen molar-refractivity contribution in [3.63, 3.8) is 0 Å². The van der Waals surface area contributed by atoms with E-state index >= 15 is 0 Å². The first kappa shape index (κ1) is 16.3. The summed E-state index contributed by atoms with van der Waals surface area (Å²) in [6.07, 6.45) is -4.25. The van der Waals surface area contributed by atoms with Crippen molar-refractivity contribution in [1.29, 1.82) is 0 Å². The van der Waals surface area contributed by atoms with E-state index in [4.69, 9.17) is 17.3 Å². The predicted molar refractivity (Wildman–Crippen MR) is 71.1 cm³/mol. The molecule has 1 unspecified atom stereocenters. The van der Waals surface area contributed by atoms with Crippen LogP contribution < -0.4 is 5.73 Å². The van der Waals surface area contributed by atoms with E-state index in [2.05, 4.69) is 0 Å². The molecule has 1 atom stereocenters. The van der Waals surface area contributed by atoms with Crippen LogP contribution in [0.5, 0.6) is 0 Å². The van der Waals surface area contributed by atoms with E-state index in [-0.39, 0.29) is 12.6 Å². The first-order valence-electron chi connectivity index (χ1n) is 6.02. The Morgan fingerprint density at radius 3 is 2.11 bits per heavy atom. The predicted octanol–water partition coefficient (Wildman–Crippen LogP) is 3.61. The lowest BCUT2D eigenvalue weighted by Crippen LogP contribution is -2.44. The van der Waals surface area contributed by atoms with Gasteiger partial charge in [0.2, 0.25) is 0 Å². The van der Waals surface area contributed by atoms with Gasteiger partial charge in [0.15, 0.2) is 0 Å². The minimum absolute atomic E-state index is 0.121. The van der Waals surface area contributed by atoms with Gasteiger partial charge in [0.05, 0.1) is 6.54 Å². The maximum atomic E-state index is 12.6. The zero-order chi connectivity index (χ0) is 14.6. The third kappa shape index (κ3) is 5.01. The van der Waals surface area contributed by atoms with Gasteiger partial charge in [-0.1, -0.05) is 23.7 Å². The molecule has 2 nitrogen and oxygen atoms in total. The second-order valence-corrected chi connectivity index (χ2v) is 5.12. The number of hydrogen-bond donors (Lipinski definition) is 1. The molecule has 0 radical (unpaired) electrons. The normalized spacial score (nSPS) is 14.2. The van der Waals surface area contributed by atoms with E-state index in [1.807, 2.05) is 0 Å². The van der Waals surface area contributed by atoms with Crippen molar-refractivity contribution in [2.24, 2.45) is 5.73 Å². The van der Waals surface area contributed by atoms with Gasteiger partial charge in [-0.25, -0.2) is 0 Å². The van der Waals surface area contributed by atoms with E-state index in [1.165, 1.54) is 4.90 Å². The molecule has 0 spiro atoms. The number of halogens is 4. The van der Waals surface area contributed by atoms with Crippen LogP contribution in [-0.4, -0.2) is 30.2 Å². The highest BCUT2D eigenvalue weighted by molar-refractivity contribution is 6.30. The Morgan fingerprint density at radius 2 is 1.74 bits per heavy atom. The first-order valence-corrected chi connectivity index (χ1v) is 6.40. The van der Waals surface area contributed by atoms with E-state index < -0.39 is 18.8 Å². The fraction of sp³-hybridized carbons (Fsp3) is 0.538. The van der Waals surface area contributed by atoms with Crippen LogP contribution in [0.4, 0.5) is 13.2 Å². The second-order valence-electron chi connectivity index (χ2n) is 4.68. The highest BCUT2D eigenvalue weighted by Crippen LogP contribution is 2.27. The summed E-state index contributed by atoms with van der Waals surface area (Å²) in [5, 5.41) is 0.548. The van der Waals surface area contributed by atoms with Crippen molar-refractivity contribution < 1.29 is 13.2 Å². The Balaban J connectivity index is 2.99. The maximum Gasteiger partial charge on any atom is 0.401 e. The summed E-state index contributed by atoms with van der Waals surface area (Å²) in [7, 11) is 0. The lowest BCUT2D eigenvalue weighted by atomic mass is 10.0. The van der Waals surface area contributed by atoms with Gasteiger partial charge in [0.1, 0.15) is 0 Å². The third-order valence-electron chi connectivity index (χ3n) is 2.90. The summed E-state index contributed by atoms with van der Waals surface area (Å²) in [6, 6.07) is 6.01.